The average Bonchev–Trinajstić information content (AvgIpc) is 3.37. The number of rotatable bonds is 6. The number of carbonyl (C=O) groups is 1. The number of anilines is 3. The molecule has 0 radical (unpaired) electrons. The molecule has 0 aliphatic carbocycles. The Morgan fingerprint density at radius 2 is 1.94 bits per heavy atom. The molecule has 4 aromatic rings. The molecule has 4 rings (SSSR count). The summed E-state index contributed by atoms with van der Waals surface area (Å²) in [6.07, 6.45) is 2.77. The fraction of sp³-hybridized carbons (Fsp3) is 0.115. The number of nitrogens with zero attached hydrogens (tertiary/aromatic N) is 2. The van der Waals surface area contributed by atoms with Gasteiger partial charge in [0.25, 0.3) is 5.95 Å². The van der Waals surface area contributed by atoms with Gasteiger partial charge in [-0.2, -0.15) is 4.98 Å². The molecule has 36 heavy (non-hydrogen) atoms. The number of methoxy groups -OCH3 is 2. The number of hydrogen-bond donors (Lipinski definition) is 3. The highest BCUT2D eigenvalue weighted by molar-refractivity contribution is 5.86. The minimum Gasteiger partial charge on any atom is -0.493 e. The van der Waals surface area contributed by atoms with E-state index < -0.39 is 6.09 Å². The van der Waals surface area contributed by atoms with E-state index in [1.165, 1.54) is 12.3 Å². The van der Waals surface area contributed by atoms with E-state index in [1.54, 1.807) is 44.7 Å². The van der Waals surface area contributed by atoms with Crippen molar-refractivity contribution in [2.75, 3.05) is 31.0 Å². The lowest BCUT2D eigenvalue weighted by molar-refractivity contribution is 0.202. The molecule has 2 heterocycles. The van der Waals surface area contributed by atoms with Crippen LogP contribution in [-0.2, 0) is 6.42 Å². The molecule has 0 fully saturated rings. The largest absolute Gasteiger partial charge is 0.493 e. The molecule has 0 bridgehead atoms. The number of benzene rings is 2. The van der Waals surface area contributed by atoms with Gasteiger partial charge in [-0.25, -0.2) is 9.78 Å². The Hall–Kier alpha value is -5.17. The smallest absolute Gasteiger partial charge is 0.419 e. The normalized spacial score (nSPS) is 10.2. The Morgan fingerprint density at radius 3 is 2.67 bits per heavy atom. The van der Waals surface area contributed by atoms with E-state index in [4.69, 9.17) is 30.1 Å². The van der Waals surface area contributed by atoms with Gasteiger partial charge >= 0.3 is 6.09 Å². The third-order valence-corrected chi connectivity index (χ3v) is 4.99. The number of nitrogens with two attached hydrogens (primary N) is 2. The lowest BCUT2D eigenvalue weighted by Crippen LogP contribution is -2.16. The highest BCUT2D eigenvalue weighted by Gasteiger charge is 2.13. The molecule has 1 amide bonds. The van der Waals surface area contributed by atoms with Gasteiger partial charge in [-0.1, -0.05) is 17.9 Å². The first-order chi connectivity index (χ1) is 17.4. The van der Waals surface area contributed by atoms with Gasteiger partial charge in [0.1, 0.15) is 5.82 Å². The third-order valence-electron chi connectivity index (χ3n) is 4.99. The van der Waals surface area contributed by atoms with E-state index in [-0.39, 0.29) is 11.9 Å². The van der Waals surface area contributed by atoms with E-state index in [0.29, 0.717) is 40.6 Å². The summed E-state index contributed by atoms with van der Waals surface area (Å²) in [5.41, 5.74) is 15.0. The molecular formula is C26H23N5O5. The Bertz CT molecular complexity index is 1440. The Labute approximate surface area is 207 Å². The van der Waals surface area contributed by atoms with Crippen LogP contribution in [0.1, 0.15) is 22.3 Å². The van der Waals surface area contributed by atoms with Gasteiger partial charge in [-0.05, 0) is 42.0 Å². The van der Waals surface area contributed by atoms with Gasteiger partial charge in [-0.15, -0.1) is 0 Å². The predicted molar refractivity (Wildman–Crippen MR) is 134 cm³/mol. The summed E-state index contributed by atoms with van der Waals surface area (Å²) >= 11 is 0. The number of nitrogen functional groups attached to an aromatic ring is 2. The molecule has 182 valence electrons. The van der Waals surface area contributed by atoms with Crippen molar-refractivity contribution >= 4 is 23.5 Å². The summed E-state index contributed by atoms with van der Waals surface area (Å²) in [4.78, 5) is 20.1. The van der Waals surface area contributed by atoms with Crippen molar-refractivity contribution in [3.63, 3.8) is 0 Å². The van der Waals surface area contributed by atoms with Gasteiger partial charge in [0.2, 0.25) is 5.95 Å². The van der Waals surface area contributed by atoms with Crippen LogP contribution < -0.4 is 31.0 Å². The van der Waals surface area contributed by atoms with E-state index in [1.807, 2.05) is 18.2 Å². The van der Waals surface area contributed by atoms with Crippen molar-refractivity contribution < 1.29 is 23.4 Å². The average molecular weight is 486 g/mol. The van der Waals surface area contributed by atoms with Crippen LogP contribution in [0.4, 0.5) is 22.2 Å². The first-order valence-corrected chi connectivity index (χ1v) is 10.7. The summed E-state index contributed by atoms with van der Waals surface area (Å²) in [6.45, 7) is 0. The van der Waals surface area contributed by atoms with Crippen LogP contribution in [-0.4, -0.2) is 30.3 Å². The molecule has 0 spiro atoms. The molecule has 10 heteroatoms. The number of amides is 1. The number of aromatic nitrogens is 2. The molecule has 0 atom stereocenters. The molecule has 2 aromatic carbocycles. The van der Waals surface area contributed by atoms with Gasteiger partial charge in [0, 0.05) is 35.5 Å². The first kappa shape index (κ1) is 24.0. The maximum atomic E-state index is 12.1. The summed E-state index contributed by atoms with van der Waals surface area (Å²) in [5, 5.41) is 2.64. The van der Waals surface area contributed by atoms with Crippen molar-refractivity contribution in [2.24, 2.45) is 0 Å². The van der Waals surface area contributed by atoms with Crippen molar-refractivity contribution in [1.29, 1.82) is 0 Å². The Balaban J connectivity index is 1.59. The number of ether oxygens (including phenoxy) is 3. The van der Waals surface area contributed by atoms with Crippen molar-refractivity contribution in [3.05, 3.63) is 83.2 Å². The number of nitrogens with one attached hydrogen (secondary N) is 1. The zero-order valence-electron chi connectivity index (χ0n) is 19.6. The maximum Gasteiger partial charge on any atom is 0.419 e. The minimum absolute atomic E-state index is 0.0941. The zero-order valence-corrected chi connectivity index (χ0v) is 19.6. The monoisotopic (exact) mass is 485 g/mol. The number of furan rings is 1. The standard InChI is InChI=1S/C26H23N5O5/c1-33-21-14-17(12-19-15-29-25(28)31-24(19)27)11-18(23(21)34-2)9-8-16-5-3-6-20(13-16)30-26(32)36-22-7-4-10-35-22/h3-7,10-11,13-15H,12H2,1-2H3,(H,30,32)(H4,27,28,29,31). The molecule has 0 unspecified atom stereocenters. The molecule has 2 aromatic heterocycles. The fourth-order valence-electron chi connectivity index (χ4n) is 3.38. The number of carbonyl (C=O) groups excluding carboxylic acids is 1. The molecule has 5 N–H and O–H groups in total. The second-order valence-corrected chi connectivity index (χ2v) is 7.47. The van der Waals surface area contributed by atoms with E-state index in [0.717, 1.165) is 11.1 Å². The third kappa shape index (κ3) is 5.84. The predicted octanol–water partition coefficient (Wildman–Crippen LogP) is 3.85. The Kier molecular flexibility index (Phi) is 7.22. The van der Waals surface area contributed by atoms with Crippen LogP contribution in [0.15, 0.2) is 65.4 Å². The minimum atomic E-state index is -0.680. The van der Waals surface area contributed by atoms with Gasteiger partial charge in [0.15, 0.2) is 11.5 Å². The molecule has 0 saturated carbocycles. The van der Waals surface area contributed by atoms with E-state index >= 15 is 0 Å². The maximum absolute atomic E-state index is 12.1. The molecule has 10 nitrogen and oxygen atoms in total. The van der Waals surface area contributed by atoms with Crippen LogP contribution in [0.2, 0.25) is 0 Å². The zero-order chi connectivity index (χ0) is 25.5. The second kappa shape index (κ2) is 10.8. The van der Waals surface area contributed by atoms with E-state index in [2.05, 4.69) is 27.1 Å². The van der Waals surface area contributed by atoms with Gasteiger partial charge < -0.3 is 30.1 Å². The van der Waals surface area contributed by atoms with Crippen molar-refractivity contribution in [2.45, 2.75) is 6.42 Å². The highest BCUT2D eigenvalue weighted by atomic mass is 16.6. The molecular weight excluding hydrogens is 462 g/mol. The van der Waals surface area contributed by atoms with Crippen LogP contribution in [0.5, 0.6) is 17.4 Å². The van der Waals surface area contributed by atoms with Crippen LogP contribution in [0.3, 0.4) is 0 Å². The summed E-state index contributed by atoms with van der Waals surface area (Å²) in [6, 6.07) is 13.9. The summed E-state index contributed by atoms with van der Waals surface area (Å²) < 4.78 is 21.1. The van der Waals surface area contributed by atoms with Crippen LogP contribution in [0, 0.1) is 11.8 Å². The fourth-order valence-corrected chi connectivity index (χ4v) is 3.38. The molecule has 0 aliphatic rings. The lowest BCUT2D eigenvalue weighted by atomic mass is 10.0. The second-order valence-electron chi connectivity index (χ2n) is 7.47. The first-order valence-electron chi connectivity index (χ1n) is 10.7. The summed E-state index contributed by atoms with van der Waals surface area (Å²) in [7, 11) is 3.10. The van der Waals surface area contributed by atoms with Gasteiger partial charge in [-0.3, -0.25) is 5.32 Å². The van der Waals surface area contributed by atoms with E-state index in [9.17, 15) is 4.79 Å². The number of hydrogen-bond acceptors (Lipinski definition) is 9. The van der Waals surface area contributed by atoms with Crippen molar-refractivity contribution in [3.8, 4) is 29.3 Å². The van der Waals surface area contributed by atoms with Gasteiger partial charge in [0.05, 0.1) is 26.0 Å². The van der Waals surface area contributed by atoms with Crippen LogP contribution in [0.25, 0.3) is 0 Å². The Morgan fingerprint density at radius 1 is 1.08 bits per heavy atom. The SMILES string of the molecule is COc1cc(Cc2cnc(N)nc2N)cc(C#Cc2cccc(NC(=O)Oc3ccco3)c2)c1OC. The quantitative estimate of drug-likeness (QED) is 0.346. The highest BCUT2D eigenvalue weighted by Crippen LogP contribution is 2.33. The molecule has 0 saturated heterocycles. The molecule has 0 aliphatic heterocycles. The van der Waals surface area contributed by atoms with Crippen molar-refractivity contribution in [1.82, 2.24) is 9.97 Å². The van der Waals surface area contributed by atoms with Crippen LogP contribution >= 0.6 is 0 Å². The summed E-state index contributed by atoms with van der Waals surface area (Å²) in [5.74, 6) is 7.74. The topological polar surface area (TPSA) is 148 Å². The lowest BCUT2D eigenvalue weighted by Gasteiger charge is -2.13.